The lowest BCUT2D eigenvalue weighted by molar-refractivity contribution is -0.141. The monoisotopic (exact) mass is 173 g/mol. The van der Waals surface area contributed by atoms with Crippen LogP contribution in [0.25, 0.3) is 0 Å². The summed E-state index contributed by atoms with van der Waals surface area (Å²) in [6.45, 7) is 2.60. The van der Waals surface area contributed by atoms with Crippen molar-refractivity contribution in [3.63, 3.8) is 0 Å². The van der Waals surface area contributed by atoms with Gasteiger partial charge in [0.15, 0.2) is 0 Å². The Balaban J connectivity index is 3.85. The molecule has 5 nitrogen and oxygen atoms in total. The first-order valence-electron chi connectivity index (χ1n) is 3.45. The molecule has 0 rings (SSSR count). The number of carbonyl (C=O) groups is 3. The van der Waals surface area contributed by atoms with Crippen LogP contribution in [0.1, 0.15) is 20.3 Å². The fourth-order valence-corrected chi connectivity index (χ4v) is 0.580. The van der Waals surface area contributed by atoms with E-state index in [1.54, 1.807) is 0 Å². The minimum Gasteiger partial charge on any atom is -0.480 e. The van der Waals surface area contributed by atoms with Crippen molar-refractivity contribution < 1.29 is 19.5 Å². The summed E-state index contributed by atoms with van der Waals surface area (Å²) in [5.74, 6) is -1.96. The van der Waals surface area contributed by atoms with Gasteiger partial charge in [0.2, 0.25) is 5.91 Å². The first-order valence-corrected chi connectivity index (χ1v) is 3.45. The Kier molecular flexibility index (Phi) is 3.96. The van der Waals surface area contributed by atoms with E-state index in [0.29, 0.717) is 0 Å². The van der Waals surface area contributed by atoms with Crippen molar-refractivity contribution in [3.8, 4) is 0 Å². The number of rotatable bonds is 4. The van der Waals surface area contributed by atoms with Crippen LogP contribution >= 0.6 is 0 Å². The molecule has 0 aromatic carbocycles. The van der Waals surface area contributed by atoms with Crippen molar-refractivity contribution in [1.29, 1.82) is 0 Å². The number of hydrogen-bond donors (Lipinski definition) is 2. The minimum absolute atomic E-state index is 0.266. The van der Waals surface area contributed by atoms with E-state index >= 15 is 0 Å². The molecule has 0 heterocycles. The van der Waals surface area contributed by atoms with Gasteiger partial charge < -0.3 is 10.4 Å². The molecule has 1 atom stereocenters. The van der Waals surface area contributed by atoms with Crippen molar-refractivity contribution in [1.82, 2.24) is 5.32 Å². The predicted octanol–water partition coefficient (Wildman–Crippen LogP) is -0.445. The van der Waals surface area contributed by atoms with E-state index in [4.69, 9.17) is 5.11 Å². The van der Waals surface area contributed by atoms with Crippen LogP contribution in [-0.4, -0.2) is 28.8 Å². The average molecular weight is 173 g/mol. The maximum atomic E-state index is 10.8. The van der Waals surface area contributed by atoms with Gasteiger partial charge in [-0.15, -0.1) is 0 Å². The van der Waals surface area contributed by atoms with Crippen LogP contribution in [-0.2, 0) is 14.4 Å². The number of ketones is 1. The number of carboxylic acids is 1. The first-order chi connectivity index (χ1) is 5.43. The second kappa shape index (κ2) is 4.48. The quantitative estimate of drug-likeness (QED) is 0.564. The van der Waals surface area contributed by atoms with E-state index in [1.807, 2.05) is 0 Å². The van der Waals surface area contributed by atoms with Gasteiger partial charge in [0.25, 0.3) is 0 Å². The van der Waals surface area contributed by atoms with E-state index in [-0.39, 0.29) is 12.2 Å². The highest BCUT2D eigenvalue weighted by atomic mass is 16.4. The normalized spacial score (nSPS) is 11.8. The molecule has 0 aliphatic carbocycles. The van der Waals surface area contributed by atoms with Crippen LogP contribution in [0.3, 0.4) is 0 Å². The molecule has 0 radical (unpaired) electrons. The zero-order chi connectivity index (χ0) is 9.72. The number of carbonyl (C=O) groups excluding carboxylic acids is 2. The van der Waals surface area contributed by atoms with Gasteiger partial charge in [-0.25, -0.2) is 0 Å². The molecule has 0 aliphatic heterocycles. The van der Waals surface area contributed by atoms with Gasteiger partial charge in [-0.1, -0.05) is 0 Å². The van der Waals surface area contributed by atoms with Gasteiger partial charge in [0.05, 0.1) is 6.42 Å². The molecule has 0 saturated heterocycles. The number of Topliss-reactive ketones (excluding diaryl/α,β-unsaturated/α-hetero) is 1. The second-order valence-corrected chi connectivity index (χ2v) is 2.51. The van der Waals surface area contributed by atoms with Crippen LogP contribution in [0.5, 0.6) is 0 Å². The molecule has 5 heteroatoms. The molecule has 0 aliphatic rings. The number of nitrogens with one attached hydrogen (secondary N) is 1. The Morgan fingerprint density at radius 2 is 1.92 bits per heavy atom. The molecular weight excluding hydrogens is 162 g/mol. The first kappa shape index (κ1) is 10.6. The highest BCUT2D eigenvalue weighted by Gasteiger charge is 2.14. The number of hydrogen-bond acceptors (Lipinski definition) is 3. The fraction of sp³-hybridized carbons (Fsp3) is 0.571. The summed E-state index contributed by atoms with van der Waals surface area (Å²) in [7, 11) is 0. The van der Waals surface area contributed by atoms with Crippen LogP contribution in [0.2, 0.25) is 0 Å². The Bertz CT molecular complexity index is 211. The molecule has 0 aromatic rings. The minimum atomic E-state index is -1.12. The van der Waals surface area contributed by atoms with Crippen molar-refractivity contribution in [2.45, 2.75) is 26.3 Å². The predicted molar refractivity (Wildman–Crippen MR) is 40.5 cm³/mol. The summed E-state index contributed by atoms with van der Waals surface area (Å²) in [6, 6.07) is -0.947. The van der Waals surface area contributed by atoms with Crippen molar-refractivity contribution in [3.05, 3.63) is 0 Å². The summed E-state index contributed by atoms with van der Waals surface area (Å²) in [5.41, 5.74) is 0. The Labute approximate surface area is 69.8 Å². The third-order valence-corrected chi connectivity index (χ3v) is 1.16. The zero-order valence-corrected chi connectivity index (χ0v) is 6.96. The van der Waals surface area contributed by atoms with Crippen molar-refractivity contribution in [2.24, 2.45) is 0 Å². The van der Waals surface area contributed by atoms with Crippen LogP contribution in [0.15, 0.2) is 0 Å². The molecule has 12 heavy (non-hydrogen) atoms. The fourth-order valence-electron chi connectivity index (χ4n) is 0.580. The van der Waals surface area contributed by atoms with Crippen LogP contribution in [0, 0.1) is 0 Å². The third-order valence-electron chi connectivity index (χ3n) is 1.16. The maximum absolute atomic E-state index is 10.8. The lowest BCUT2D eigenvalue weighted by atomic mass is 10.2. The summed E-state index contributed by atoms with van der Waals surface area (Å²) in [6.07, 6.45) is -0.266. The van der Waals surface area contributed by atoms with Crippen molar-refractivity contribution in [2.75, 3.05) is 0 Å². The summed E-state index contributed by atoms with van der Waals surface area (Å²) in [4.78, 5) is 31.4. The Morgan fingerprint density at radius 1 is 1.42 bits per heavy atom. The molecule has 1 amide bonds. The average Bonchev–Trinajstić information content (AvgIpc) is 1.84. The molecule has 0 fully saturated rings. The Hall–Kier alpha value is -1.39. The van der Waals surface area contributed by atoms with E-state index in [0.717, 1.165) is 0 Å². The third kappa shape index (κ3) is 4.43. The topological polar surface area (TPSA) is 83.5 Å². The van der Waals surface area contributed by atoms with Crippen molar-refractivity contribution >= 4 is 17.7 Å². The molecule has 2 N–H and O–H groups in total. The maximum Gasteiger partial charge on any atom is 0.325 e. The summed E-state index contributed by atoms with van der Waals surface area (Å²) < 4.78 is 0. The molecule has 0 spiro atoms. The van der Waals surface area contributed by atoms with Crippen LogP contribution < -0.4 is 5.32 Å². The van der Waals surface area contributed by atoms with Gasteiger partial charge in [-0.05, 0) is 13.8 Å². The molecule has 68 valence electrons. The second-order valence-electron chi connectivity index (χ2n) is 2.51. The van der Waals surface area contributed by atoms with E-state index in [2.05, 4.69) is 5.32 Å². The smallest absolute Gasteiger partial charge is 0.325 e. The van der Waals surface area contributed by atoms with Crippen LogP contribution in [0.4, 0.5) is 0 Å². The van der Waals surface area contributed by atoms with E-state index < -0.39 is 17.9 Å². The highest BCUT2D eigenvalue weighted by Crippen LogP contribution is 1.86. The van der Waals surface area contributed by atoms with Gasteiger partial charge >= 0.3 is 5.97 Å². The molecule has 0 unspecified atom stereocenters. The largest absolute Gasteiger partial charge is 0.480 e. The van der Waals surface area contributed by atoms with Gasteiger partial charge in [0, 0.05) is 0 Å². The lowest BCUT2D eigenvalue weighted by Gasteiger charge is -2.07. The van der Waals surface area contributed by atoms with Gasteiger partial charge in [-0.2, -0.15) is 0 Å². The number of aliphatic carboxylic acids is 1. The zero-order valence-electron chi connectivity index (χ0n) is 6.96. The van der Waals surface area contributed by atoms with E-state index in [1.165, 1.54) is 13.8 Å². The SMILES string of the molecule is CC(=O)CC(=O)N[C@H](C)C(=O)O. The standard InChI is InChI=1S/C7H11NO4/c1-4(9)3-6(10)8-5(2)7(11)12/h5H,3H2,1-2H3,(H,8,10)(H,11,12)/t5-/m1/s1. The lowest BCUT2D eigenvalue weighted by Crippen LogP contribution is -2.38. The molecule has 0 aromatic heterocycles. The number of carboxylic acid groups (broad SMARTS) is 1. The number of amides is 1. The highest BCUT2D eigenvalue weighted by molar-refractivity contribution is 5.98. The Morgan fingerprint density at radius 3 is 2.25 bits per heavy atom. The van der Waals surface area contributed by atoms with E-state index in [9.17, 15) is 14.4 Å². The summed E-state index contributed by atoms with van der Waals surface area (Å²) in [5, 5.41) is 10.5. The molecule has 0 bridgehead atoms. The molecular formula is C7H11NO4. The molecule has 0 saturated carbocycles. The summed E-state index contributed by atoms with van der Waals surface area (Å²) >= 11 is 0. The van der Waals surface area contributed by atoms with Gasteiger partial charge in [0.1, 0.15) is 11.8 Å². The van der Waals surface area contributed by atoms with Gasteiger partial charge in [-0.3, -0.25) is 14.4 Å².